The number of nitrogens with one attached hydrogen (secondary N) is 1. The lowest BCUT2D eigenvalue weighted by Gasteiger charge is -2.26. The average Bonchev–Trinajstić information content (AvgIpc) is 3.92. The molecule has 1 saturated carbocycles. The molecule has 3 fully saturated rings. The van der Waals surface area contributed by atoms with E-state index in [-0.39, 0.29) is 29.2 Å². The normalized spacial score (nSPS) is 17.1. The molecule has 2 amide bonds. The van der Waals surface area contributed by atoms with Crippen LogP contribution >= 0.6 is 11.6 Å². The molecule has 0 radical (unpaired) electrons. The van der Waals surface area contributed by atoms with Crippen molar-refractivity contribution >= 4 is 55.9 Å². The van der Waals surface area contributed by atoms with E-state index in [1.165, 1.54) is 6.42 Å². The van der Waals surface area contributed by atoms with E-state index in [2.05, 4.69) is 32.5 Å². The molecule has 0 atom stereocenters. The van der Waals surface area contributed by atoms with Gasteiger partial charge in [0.25, 0.3) is 5.91 Å². The van der Waals surface area contributed by atoms with Crippen molar-refractivity contribution in [2.45, 2.75) is 38.6 Å². The molecule has 6 heterocycles. The second-order valence-corrected chi connectivity index (χ2v) is 17.2. The minimum Gasteiger partial charge on any atom is -0.381 e. The predicted molar refractivity (Wildman–Crippen MR) is 216 cm³/mol. The lowest BCUT2D eigenvalue weighted by molar-refractivity contribution is -0.117. The van der Waals surface area contributed by atoms with Gasteiger partial charge in [-0.05, 0) is 73.1 Å². The lowest BCUT2D eigenvalue weighted by atomic mass is 10.0. The van der Waals surface area contributed by atoms with Crippen LogP contribution in [0.2, 0.25) is 5.02 Å². The first-order chi connectivity index (χ1) is 26.6. The summed E-state index contributed by atoms with van der Waals surface area (Å²) in [6.07, 6.45) is 9.01. The highest BCUT2D eigenvalue weighted by Gasteiger charge is 2.30. The van der Waals surface area contributed by atoms with Crippen molar-refractivity contribution in [3.05, 3.63) is 107 Å². The number of sulfone groups is 1. The van der Waals surface area contributed by atoms with E-state index in [0.29, 0.717) is 29.7 Å². The Hall–Kier alpha value is -5.24. The van der Waals surface area contributed by atoms with Crippen LogP contribution in [0, 0.1) is 5.92 Å². The molecule has 14 heteroatoms. The maximum atomic E-state index is 12.7. The van der Waals surface area contributed by atoms with Crippen LogP contribution < -0.4 is 11.1 Å². The number of rotatable bonds is 7. The van der Waals surface area contributed by atoms with Gasteiger partial charge in [-0.1, -0.05) is 60.1 Å². The van der Waals surface area contributed by atoms with E-state index in [1.54, 1.807) is 9.03 Å². The molecule has 3 aliphatic rings. The van der Waals surface area contributed by atoms with Gasteiger partial charge in [-0.25, -0.2) is 17.4 Å². The Morgan fingerprint density at radius 2 is 1.44 bits per heavy atom. The molecule has 2 aromatic carbocycles. The quantitative estimate of drug-likeness (QED) is 0.188. The molecule has 9 rings (SSSR count). The number of aromatic nitrogens is 4. The molecule has 2 saturated heterocycles. The maximum absolute atomic E-state index is 12.7. The minimum atomic E-state index is -2.85. The zero-order valence-electron chi connectivity index (χ0n) is 30.4. The van der Waals surface area contributed by atoms with Crippen molar-refractivity contribution in [2.24, 2.45) is 5.92 Å². The topological polar surface area (TPSA) is 147 Å². The lowest BCUT2D eigenvalue weighted by Crippen LogP contribution is -2.39. The fourth-order valence-electron chi connectivity index (χ4n) is 7.24. The van der Waals surface area contributed by atoms with Crippen LogP contribution in [0.15, 0.2) is 91.3 Å². The summed E-state index contributed by atoms with van der Waals surface area (Å²) >= 11 is 6.32. The molecule has 0 unspecified atom stereocenters. The Balaban J connectivity index is 0.000000156. The van der Waals surface area contributed by atoms with E-state index in [1.807, 2.05) is 84.0 Å². The van der Waals surface area contributed by atoms with Crippen molar-refractivity contribution in [3.63, 3.8) is 0 Å². The molecular formula is C41H43ClN8O4S. The standard InChI is InChI=1S/C23H24N4O2.C18H19ClN4O2S/c28-22(17-8-9-17)24-21-15-20-19(5-4-14-27(20)25-21)16-6-10-18(11-7-16)23(29)26-12-2-1-3-13-26;19-16-17-15(2-1-7-23(17)21-18(16)20)14-5-3-13(4-6-14)12-22-8-10-26(24,25)11-9-22/h4-7,10-11,14-15,17H,1-3,8-9,12-13H2,(H,24,25,28);1-7H,8-12H2,(H2,20,21). The van der Waals surface area contributed by atoms with Crippen molar-refractivity contribution in [2.75, 3.05) is 48.7 Å². The largest absolute Gasteiger partial charge is 0.381 e. The fraction of sp³-hybridized carbons (Fsp3) is 0.317. The van der Waals surface area contributed by atoms with Gasteiger partial charge in [0.15, 0.2) is 21.5 Å². The summed E-state index contributed by atoms with van der Waals surface area (Å²) in [6, 6.07) is 25.8. The number of nitrogen functional groups attached to an aromatic ring is 1. The van der Waals surface area contributed by atoms with Gasteiger partial charge in [0.2, 0.25) is 5.91 Å². The number of piperidine rings is 1. The second-order valence-electron chi connectivity index (χ2n) is 14.5. The number of nitrogens with zero attached hydrogens (tertiary/aromatic N) is 6. The highest BCUT2D eigenvalue weighted by molar-refractivity contribution is 7.91. The van der Waals surface area contributed by atoms with E-state index in [4.69, 9.17) is 17.3 Å². The van der Waals surface area contributed by atoms with Crippen molar-refractivity contribution in [1.29, 1.82) is 0 Å². The Labute approximate surface area is 324 Å². The van der Waals surface area contributed by atoms with Gasteiger partial charge in [-0.3, -0.25) is 14.5 Å². The first-order valence-electron chi connectivity index (χ1n) is 18.8. The van der Waals surface area contributed by atoms with E-state index >= 15 is 0 Å². The molecule has 0 spiro atoms. The highest BCUT2D eigenvalue weighted by Crippen LogP contribution is 2.34. The highest BCUT2D eigenvalue weighted by atomic mass is 35.5. The van der Waals surface area contributed by atoms with Crippen molar-refractivity contribution in [1.82, 2.24) is 29.0 Å². The molecule has 0 bridgehead atoms. The van der Waals surface area contributed by atoms with E-state index in [0.717, 1.165) is 89.7 Å². The number of fused-ring (bicyclic) bond motifs is 2. The summed E-state index contributed by atoms with van der Waals surface area (Å²) in [4.78, 5) is 28.9. The number of carbonyl (C=O) groups is 2. The summed E-state index contributed by atoms with van der Waals surface area (Å²) in [5.74, 6) is 1.69. The van der Waals surface area contributed by atoms with Gasteiger partial charge in [0.05, 0.1) is 22.5 Å². The third-order valence-electron chi connectivity index (χ3n) is 10.5. The number of benzene rings is 2. The number of carbonyl (C=O) groups excluding carboxylic acids is 2. The van der Waals surface area contributed by atoms with Crippen LogP contribution in [0.3, 0.4) is 0 Å². The Bertz CT molecular complexity index is 2460. The summed E-state index contributed by atoms with van der Waals surface area (Å²) in [7, 11) is -2.85. The summed E-state index contributed by atoms with van der Waals surface area (Å²) in [5.41, 5.74) is 13.5. The average molecular weight is 779 g/mol. The Kier molecular flexibility index (Phi) is 10.3. The number of likely N-dealkylation sites (tertiary alicyclic amines) is 1. The zero-order valence-corrected chi connectivity index (χ0v) is 32.0. The first-order valence-corrected chi connectivity index (χ1v) is 21.0. The predicted octanol–water partition coefficient (Wildman–Crippen LogP) is 6.44. The molecule has 55 heavy (non-hydrogen) atoms. The first kappa shape index (κ1) is 36.7. The maximum Gasteiger partial charge on any atom is 0.253 e. The molecule has 4 aromatic heterocycles. The van der Waals surface area contributed by atoms with Gasteiger partial charge in [0, 0.05) is 73.8 Å². The number of anilines is 2. The molecule has 12 nitrogen and oxygen atoms in total. The van der Waals surface area contributed by atoms with Gasteiger partial charge < -0.3 is 16.0 Å². The summed E-state index contributed by atoms with van der Waals surface area (Å²) in [5, 5.41) is 12.1. The number of halogens is 1. The molecule has 6 aromatic rings. The zero-order chi connectivity index (χ0) is 38.1. The van der Waals surface area contributed by atoms with E-state index < -0.39 is 9.84 Å². The van der Waals surface area contributed by atoms with Crippen LogP contribution in [0.25, 0.3) is 33.3 Å². The van der Waals surface area contributed by atoms with Gasteiger partial charge >= 0.3 is 0 Å². The SMILES string of the molecule is Nc1nn2cccc(-c3ccc(CN4CCS(=O)(=O)CC4)cc3)c2c1Cl.O=C(Nc1cc2c(-c3ccc(C(=O)N4CCCCC4)cc3)cccn2n1)C1CC1. The third-order valence-corrected chi connectivity index (χ3v) is 12.5. The molecule has 3 N–H and O–H groups in total. The van der Waals surface area contributed by atoms with Gasteiger partial charge in [-0.2, -0.15) is 5.10 Å². The number of nitrogens with two attached hydrogens (primary N) is 1. The molecule has 284 valence electrons. The van der Waals surface area contributed by atoms with Crippen LogP contribution in [0.5, 0.6) is 0 Å². The summed E-state index contributed by atoms with van der Waals surface area (Å²) in [6.45, 7) is 3.64. The smallest absolute Gasteiger partial charge is 0.253 e. The second kappa shape index (κ2) is 15.5. The monoisotopic (exact) mass is 778 g/mol. The number of pyridine rings is 2. The van der Waals surface area contributed by atoms with Crippen LogP contribution in [-0.4, -0.2) is 86.9 Å². The number of amides is 2. The van der Waals surface area contributed by atoms with Gasteiger partial charge in [-0.15, -0.1) is 5.10 Å². The van der Waals surface area contributed by atoms with E-state index in [9.17, 15) is 18.0 Å². The summed E-state index contributed by atoms with van der Waals surface area (Å²) < 4.78 is 26.5. The molecule has 2 aliphatic heterocycles. The molecular weight excluding hydrogens is 736 g/mol. The van der Waals surface area contributed by atoms with Crippen molar-refractivity contribution in [3.8, 4) is 22.3 Å². The number of hydrogen-bond donors (Lipinski definition) is 2. The van der Waals surface area contributed by atoms with Crippen LogP contribution in [0.1, 0.15) is 48.0 Å². The number of hydrogen-bond acceptors (Lipinski definition) is 8. The van der Waals surface area contributed by atoms with Gasteiger partial charge in [0.1, 0.15) is 5.02 Å². The Morgan fingerprint density at radius 3 is 2.13 bits per heavy atom. The van der Waals surface area contributed by atoms with Crippen LogP contribution in [-0.2, 0) is 21.2 Å². The minimum absolute atomic E-state index is 0.0514. The van der Waals surface area contributed by atoms with Crippen molar-refractivity contribution < 1.29 is 18.0 Å². The third kappa shape index (κ3) is 8.24. The fourth-order valence-corrected chi connectivity index (χ4v) is 8.74. The Morgan fingerprint density at radius 1 is 0.800 bits per heavy atom. The van der Waals surface area contributed by atoms with Crippen LogP contribution in [0.4, 0.5) is 11.6 Å². The molecule has 1 aliphatic carbocycles.